The van der Waals surface area contributed by atoms with E-state index in [4.69, 9.17) is 4.74 Å². The number of nitro benzene ring substituents is 1. The van der Waals surface area contributed by atoms with Gasteiger partial charge in [0.25, 0.3) is 15.7 Å². The molecule has 2 aromatic carbocycles. The van der Waals surface area contributed by atoms with Gasteiger partial charge in [-0.25, -0.2) is 8.42 Å². The molecule has 0 amide bonds. The van der Waals surface area contributed by atoms with Crippen molar-refractivity contribution in [3.63, 3.8) is 0 Å². The van der Waals surface area contributed by atoms with Crippen molar-refractivity contribution in [1.29, 1.82) is 0 Å². The molecule has 0 bridgehead atoms. The number of nitrogens with one attached hydrogen (secondary N) is 2. The molecule has 0 saturated carbocycles. The summed E-state index contributed by atoms with van der Waals surface area (Å²) in [7, 11) is -3.96. The zero-order chi connectivity index (χ0) is 20.3. The van der Waals surface area contributed by atoms with E-state index < -0.39 is 14.9 Å². The van der Waals surface area contributed by atoms with Crippen LogP contribution in [0.5, 0.6) is 0 Å². The molecule has 1 fully saturated rings. The predicted molar refractivity (Wildman–Crippen MR) is 107 cm³/mol. The molecule has 1 unspecified atom stereocenters. The number of rotatable bonds is 7. The van der Waals surface area contributed by atoms with Gasteiger partial charge in [0, 0.05) is 19.2 Å². The Hall–Kier alpha value is -2.65. The molecule has 2 aromatic rings. The molecule has 9 heteroatoms. The lowest BCUT2D eigenvalue weighted by Crippen LogP contribution is -2.19. The van der Waals surface area contributed by atoms with Crippen molar-refractivity contribution in [2.45, 2.75) is 37.7 Å². The molecule has 150 valence electrons. The van der Waals surface area contributed by atoms with Gasteiger partial charge in [-0.3, -0.25) is 14.8 Å². The van der Waals surface area contributed by atoms with E-state index in [1.165, 1.54) is 12.1 Å². The molecular formula is C19H23N3O5S. The van der Waals surface area contributed by atoms with Crippen LogP contribution in [0.2, 0.25) is 0 Å². The average molecular weight is 405 g/mol. The molecule has 1 heterocycles. The van der Waals surface area contributed by atoms with Gasteiger partial charge in [0.1, 0.15) is 5.69 Å². The first-order valence-electron chi connectivity index (χ1n) is 9.00. The summed E-state index contributed by atoms with van der Waals surface area (Å²) in [4.78, 5) is 10.7. The second kappa shape index (κ2) is 8.15. The van der Waals surface area contributed by atoms with Crippen molar-refractivity contribution in [2.24, 2.45) is 0 Å². The van der Waals surface area contributed by atoms with Crippen LogP contribution in [-0.2, 0) is 14.8 Å². The molecule has 0 spiro atoms. The fourth-order valence-electron chi connectivity index (χ4n) is 3.14. The van der Waals surface area contributed by atoms with Crippen LogP contribution in [0.3, 0.4) is 0 Å². The van der Waals surface area contributed by atoms with E-state index in [0.29, 0.717) is 18.8 Å². The van der Waals surface area contributed by atoms with Crippen LogP contribution in [-0.4, -0.2) is 32.6 Å². The summed E-state index contributed by atoms with van der Waals surface area (Å²) in [5.74, 6) is 0. The first-order chi connectivity index (χ1) is 13.3. The van der Waals surface area contributed by atoms with Gasteiger partial charge < -0.3 is 10.1 Å². The third-order valence-electron chi connectivity index (χ3n) is 4.65. The van der Waals surface area contributed by atoms with Crippen LogP contribution in [0.4, 0.5) is 17.1 Å². The van der Waals surface area contributed by atoms with Gasteiger partial charge in [-0.15, -0.1) is 0 Å². The largest absolute Gasteiger partial charge is 0.377 e. The highest BCUT2D eigenvalue weighted by molar-refractivity contribution is 7.92. The number of benzene rings is 2. The summed E-state index contributed by atoms with van der Waals surface area (Å²) in [5.41, 5.74) is 2.20. The van der Waals surface area contributed by atoms with Crippen molar-refractivity contribution in [3.05, 3.63) is 57.6 Å². The van der Waals surface area contributed by atoms with Crippen LogP contribution >= 0.6 is 0 Å². The van der Waals surface area contributed by atoms with Crippen LogP contribution in [0, 0.1) is 24.0 Å². The maximum Gasteiger partial charge on any atom is 0.293 e. The molecule has 3 rings (SSSR count). The molecule has 2 N–H and O–H groups in total. The molecule has 1 aliphatic heterocycles. The van der Waals surface area contributed by atoms with E-state index in [9.17, 15) is 18.5 Å². The van der Waals surface area contributed by atoms with Crippen LogP contribution in [0.15, 0.2) is 41.3 Å². The number of hydrogen-bond acceptors (Lipinski definition) is 6. The van der Waals surface area contributed by atoms with Gasteiger partial charge >= 0.3 is 0 Å². The van der Waals surface area contributed by atoms with Crippen molar-refractivity contribution in [3.8, 4) is 0 Å². The number of aryl methyl sites for hydroxylation is 2. The Morgan fingerprint density at radius 2 is 1.93 bits per heavy atom. The van der Waals surface area contributed by atoms with Crippen molar-refractivity contribution >= 4 is 27.1 Å². The van der Waals surface area contributed by atoms with Crippen LogP contribution < -0.4 is 10.0 Å². The average Bonchev–Trinajstić information content (AvgIpc) is 3.15. The van der Waals surface area contributed by atoms with E-state index in [2.05, 4.69) is 10.0 Å². The first kappa shape index (κ1) is 20.1. The quantitative estimate of drug-likeness (QED) is 0.538. The summed E-state index contributed by atoms with van der Waals surface area (Å²) < 4.78 is 33.4. The molecule has 0 aromatic heterocycles. The number of nitro groups is 1. The van der Waals surface area contributed by atoms with Crippen LogP contribution in [0.25, 0.3) is 0 Å². The molecule has 28 heavy (non-hydrogen) atoms. The Labute approximate surface area is 164 Å². The lowest BCUT2D eigenvalue weighted by molar-refractivity contribution is -0.384. The highest BCUT2D eigenvalue weighted by atomic mass is 32.2. The predicted octanol–water partition coefficient (Wildman–Crippen LogP) is 3.60. The van der Waals surface area contributed by atoms with Gasteiger partial charge in [0.05, 0.1) is 21.6 Å². The molecule has 0 aliphatic carbocycles. The molecule has 1 aliphatic rings. The highest BCUT2D eigenvalue weighted by Gasteiger charge is 2.23. The minimum Gasteiger partial charge on any atom is -0.377 e. The molecule has 0 radical (unpaired) electrons. The molecule has 8 nitrogen and oxygen atoms in total. The summed E-state index contributed by atoms with van der Waals surface area (Å²) in [6, 6.07) is 9.18. The Morgan fingerprint density at radius 3 is 2.57 bits per heavy atom. The van der Waals surface area contributed by atoms with E-state index in [1.54, 1.807) is 19.1 Å². The molecule has 1 atom stereocenters. The van der Waals surface area contributed by atoms with Crippen molar-refractivity contribution in [2.75, 3.05) is 23.2 Å². The van der Waals surface area contributed by atoms with Gasteiger partial charge in [0.2, 0.25) is 0 Å². The summed E-state index contributed by atoms with van der Waals surface area (Å²) in [6.07, 6.45) is 1.87. The van der Waals surface area contributed by atoms with E-state index in [0.717, 1.165) is 30.0 Å². The minimum absolute atomic E-state index is 0.00851. The molecular weight excluding hydrogens is 382 g/mol. The van der Waals surface area contributed by atoms with E-state index in [1.807, 2.05) is 13.0 Å². The van der Waals surface area contributed by atoms with Gasteiger partial charge in [0.15, 0.2) is 0 Å². The summed E-state index contributed by atoms with van der Waals surface area (Å²) >= 11 is 0. The first-order valence-corrected chi connectivity index (χ1v) is 10.5. The zero-order valence-corrected chi connectivity index (χ0v) is 16.6. The monoisotopic (exact) mass is 405 g/mol. The maximum absolute atomic E-state index is 12.7. The second-order valence-electron chi connectivity index (χ2n) is 6.88. The lowest BCUT2D eigenvalue weighted by Gasteiger charge is -2.14. The Kier molecular flexibility index (Phi) is 5.85. The molecule has 1 saturated heterocycles. The van der Waals surface area contributed by atoms with Gasteiger partial charge in [-0.2, -0.15) is 0 Å². The van der Waals surface area contributed by atoms with Gasteiger partial charge in [-0.1, -0.05) is 17.7 Å². The number of ether oxygens (including phenoxy) is 1. The lowest BCUT2D eigenvalue weighted by atomic mass is 10.1. The second-order valence-corrected chi connectivity index (χ2v) is 8.56. The fourth-order valence-corrected chi connectivity index (χ4v) is 4.29. The minimum atomic E-state index is -3.96. The topological polar surface area (TPSA) is 111 Å². The maximum atomic E-state index is 12.7. The van der Waals surface area contributed by atoms with E-state index >= 15 is 0 Å². The van der Waals surface area contributed by atoms with Crippen molar-refractivity contribution in [1.82, 2.24) is 0 Å². The highest BCUT2D eigenvalue weighted by Crippen LogP contribution is 2.29. The standard InChI is InChI=1S/C19H23N3O5S/c1-13-5-7-17(14(2)10-13)21-28(25,26)16-6-8-18(19(11-16)22(23)24)20-12-15-4-3-9-27-15/h5-8,10-11,15,20-21H,3-4,9,12H2,1-2H3. The number of hydrogen-bond donors (Lipinski definition) is 2. The van der Waals surface area contributed by atoms with Crippen LogP contribution in [0.1, 0.15) is 24.0 Å². The number of sulfonamides is 1. The zero-order valence-electron chi connectivity index (χ0n) is 15.8. The fraction of sp³-hybridized carbons (Fsp3) is 0.368. The van der Waals surface area contributed by atoms with Gasteiger partial charge in [-0.05, 0) is 50.5 Å². The third kappa shape index (κ3) is 4.60. The summed E-state index contributed by atoms with van der Waals surface area (Å²) in [5, 5.41) is 14.5. The van der Waals surface area contributed by atoms with E-state index in [-0.39, 0.29) is 22.4 Å². The Balaban J connectivity index is 1.84. The third-order valence-corrected chi connectivity index (χ3v) is 6.01. The summed E-state index contributed by atoms with van der Waals surface area (Å²) in [6.45, 7) is 4.84. The number of anilines is 2. The normalized spacial score (nSPS) is 16.7. The number of nitrogens with zero attached hydrogens (tertiary/aromatic N) is 1. The van der Waals surface area contributed by atoms with Crippen molar-refractivity contribution < 1.29 is 18.1 Å². The Morgan fingerprint density at radius 1 is 1.18 bits per heavy atom. The SMILES string of the molecule is Cc1ccc(NS(=O)(=O)c2ccc(NCC3CCCO3)c([N+](=O)[O-])c2)c(C)c1. The Bertz CT molecular complexity index is 985. The smallest absolute Gasteiger partial charge is 0.293 e.